The minimum absolute atomic E-state index is 0.0782. The highest BCUT2D eigenvalue weighted by Gasteiger charge is 2.40. The Labute approximate surface area is 193 Å². The van der Waals surface area contributed by atoms with Crippen LogP contribution in [0.3, 0.4) is 0 Å². The molecule has 1 saturated carbocycles. The Hall–Kier alpha value is -3.55. The second-order valence-electron chi connectivity index (χ2n) is 8.95. The average Bonchev–Trinajstić information content (AvgIpc) is 3.53. The smallest absolute Gasteiger partial charge is 0.407 e. The number of esters is 1. The average molecular weight is 455 g/mol. The largest absolute Gasteiger partial charge is 0.465 e. The fraction of sp³-hybridized carbons (Fsp3) is 0.400. The number of methoxy groups -OCH3 is 1. The second kappa shape index (κ2) is 10.4. The third-order valence-corrected chi connectivity index (χ3v) is 5.08. The van der Waals surface area contributed by atoms with Gasteiger partial charge in [0.25, 0.3) is 0 Å². The molecule has 176 valence electrons. The highest BCUT2D eigenvalue weighted by Crippen LogP contribution is 2.41. The molecule has 0 heterocycles. The van der Waals surface area contributed by atoms with Gasteiger partial charge in [0, 0.05) is 18.5 Å². The highest BCUT2D eigenvalue weighted by atomic mass is 16.6. The van der Waals surface area contributed by atoms with Gasteiger partial charge in [0.05, 0.1) is 12.7 Å². The number of hydrogen-bond donors (Lipinski definition) is 2. The zero-order valence-corrected chi connectivity index (χ0v) is 19.3. The molecule has 2 atom stereocenters. The van der Waals surface area contributed by atoms with E-state index in [4.69, 9.17) is 9.47 Å². The maximum absolute atomic E-state index is 12.0. The first-order valence-electron chi connectivity index (χ1n) is 10.8. The van der Waals surface area contributed by atoms with Crippen LogP contribution in [-0.4, -0.2) is 36.9 Å². The summed E-state index contributed by atoms with van der Waals surface area (Å²) < 4.78 is 15.2. The lowest BCUT2D eigenvalue weighted by Crippen LogP contribution is -2.34. The molecular formula is C25H30N2O6. The van der Waals surface area contributed by atoms with Gasteiger partial charge >= 0.3 is 18.2 Å². The van der Waals surface area contributed by atoms with Crippen LogP contribution in [0, 0.1) is 0 Å². The first-order valence-corrected chi connectivity index (χ1v) is 10.8. The maximum Gasteiger partial charge on any atom is 0.407 e. The number of nitrogens with one attached hydrogen (secondary N) is 2. The van der Waals surface area contributed by atoms with Crippen LogP contribution in [0.25, 0.3) is 0 Å². The summed E-state index contributed by atoms with van der Waals surface area (Å²) in [5, 5.41) is 5.57. The number of hydrogen-bond acceptors (Lipinski definition) is 6. The molecule has 2 N–H and O–H groups in total. The first kappa shape index (κ1) is 24.1. The van der Waals surface area contributed by atoms with E-state index in [1.54, 1.807) is 24.3 Å². The van der Waals surface area contributed by atoms with Crippen LogP contribution < -0.4 is 10.6 Å². The number of carbonyl (C=O) groups excluding carboxylic acids is 3. The van der Waals surface area contributed by atoms with Crippen molar-refractivity contribution in [3.63, 3.8) is 0 Å². The molecule has 0 radical (unpaired) electrons. The minimum Gasteiger partial charge on any atom is -0.465 e. The van der Waals surface area contributed by atoms with Gasteiger partial charge in [0.2, 0.25) is 0 Å². The molecule has 8 nitrogen and oxygen atoms in total. The molecule has 0 aliphatic heterocycles. The summed E-state index contributed by atoms with van der Waals surface area (Å²) in [6, 6.07) is 14.7. The van der Waals surface area contributed by atoms with Gasteiger partial charge < -0.3 is 24.8 Å². The van der Waals surface area contributed by atoms with E-state index in [1.807, 2.05) is 45.0 Å². The van der Waals surface area contributed by atoms with Crippen molar-refractivity contribution >= 4 is 18.2 Å². The van der Waals surface area contributed by atoms with E-state index >= 15 is 0 Å². The van der Waals surface area contributed by atoms with E-state index in [1.165, 1.54) is 7.11 Å². The molecular weight excluding hydrogens is 424 g/mol. The predicted octanol–water partition coefficient (Wildman–Crippen LogP) is 4.28. The van der Waals surface area contributed by atoms with E-state index in [9.17, 15) is 14.4 Å². The fourth-order valence-electron chi connectivity index (χ4n) is 3.29. The standard InChI is InChI=1S/C25H30N2O6/c1-25(2,3)33-24(30)27-21-13-20(21)18-9-7-17(8-10-18)15-32-23(29)26-14-16-5-11-19(12-6-16)22(28)31-4/h5-12,20-21H,13-15H2,1-4H3,(H,26,29)(H,27,30)/t20-,21+/m1/s1. The van der Waals surface area contributed by atoms with Crippen LogP contribution in [0.4, 0.5) is 9.59 Å². The Bertz CT molecular complexity index is 979. The summed E-state index contributed by atoms with van der Waals surface area (Å²) in [4.78, 5) is 35.3. The van der Waals surface area contributed by atoms with E-state index < -0.39 is 23.8 Å². The summed E-state index contributed by atoms with van der Waals surface area (Å²) in [5.74, 6) is -0.141. The third kappa shape index (κ3) is 7.52. The van der Waals surface area contributed by atoms with Crippen molar-refractivity contribution in [3.8, 4) is 0 Å². The first-order chi connectivity index (χ1) is 15.6. The highest BCUT2D eigenvalue weighted by molar-refractivity contribution is 5.89. The van der Waals surface area contributed by atoms with Crippen LogP contribution in [-0.2, 0) is 27.4 Å². The second-order valence-corrected chi connectivity index (χ2v) is 8.95. The maximum atomic E-state index is 12.0. The van der Waals surface area contributed by atoms with Gasteiger partial charge in [0.1, 0.15) is 12.2 Å². The molecule has 8 heteroatoms. The minimum atomic E-state index is -0.528. The molecule has 3 rings (SSSR count). The van der Waals surface area contributed by atoms with Crippen molar-refractivity contribution in [1.82, 2.24) is 10.6 Å². The summed E-state index contributed by atoms with van der Waals surface area (Å²) in [5.41, 5.74) is 2.76. The van der Waals surface area contributed by atoms with Gasteiger partial charge in [-0.15, -0.1) is 0 Å². The quantitative estimate of drug-likeness (QED) is 0.478. The van der Waals surface area contributed by atoms with E-state index in [0.717, 1.165) is 23.1 Å². The SMILES string of the molecule is COC(=O)c1ccc(CNC(=O)OCc2ccc([C@H]3C[C@@H]3NC(=O)OC(C)(C)C)cc2)cc1. The van der Waals surface area contributed by atoms with Crippen molar-refractivity contribution in [2.45, 2.75) is 57.9 Å². The number of amides is 2. The molecule has 1 aliphatic carbocycles. The molecule has 0 saturated heterocycles. The molecule has 2 aromatic carbocycles. The molecule has 2 aromatic rings. The molecule has 2 amide bonds. The van der Waals surface area contributed by atoms with Gasteiger partial charge in [-0.1, -0.05) is 36.4 Å². The zero-order chi connectivity index (χ0) is 24.0. The number of carbonyl (C=O) groups is 3. The van der Waals surface area contributed by atoms with Crippen molar-refractivity contribution in [2.24, 2.45) is 0 Å². The van der Waals surface area contributed by atoms with Crippen molar-refractivity contribution in [3.05, 3.63) is 70.8 Å². The van der Waals surface area contributed by atoms with Crippen molar-refractivity contribution in [1.29, 1.82) is 0 Å². The Balaban J connectivity index is 1.38. The van der Waals surface area contributed by atoms with Gasteiger partial charge in [0.15, 0.2) is 0 Å². The topological polar surface area (TPSA) is 103 Å². The van der Waals surface area contributed by atoms with E-state index in [0.29, 0.717) is 5.56 Å². The van der Waals surface area contributed by atoms with Gasteiger partial charge in [-0.05, 0) is 56.0 Å². The molecule has 1 aliphatic rings. The van der Waals surface area contributed by atoms with E-state index in [2.05, 4.69) is 15.4 Å². The molecule has 33 heavy (non-hydrogen) atoms. The molecule has 0 aromatic heterocycles. The lowest BCUT2D eigenvalue weighted by atomic mass is 10.1. The number of alkyl carbamates (subject to hydrolysis) is 2. The van der Waals surface area contributed by atoms with Crippen molar-refractivity contribution in [2.75, 3.05) is 7.11 Å². The van der Waals surface area contributed by atoms with Crippen LogP contribution in [0.1, 0.15) is 60.2 Å². The third-order valence-electron chi connectivity index (χ3n) is 5.08. The Kier molecular flexibility index (Phi) is 7.58. The van der Waals surface area contributed by atoms with E-state index in [-0.39, 0.29) is 25.1 Å². The summed E-state index contributed by atoms with van der Waals surface area (Å²) in [6.45, 7) is 5.94. The lowest BCUT2D eigenvalue weighted by molar-refractivity contribution is 0.0521. The normalized spacial score (nSPS) is 17.0. The fourth-order valence-corrected chi connectivity index (χ4v) is 3.29. The molecule has 0 spiro atoms. The Morgan fingerprint density at radius 1 is 0.939 bits per heavy atom. The molecule has 1 fully saturated rings. The number of rotatable bonds is 7. The Morgan fingerprint density at radius 2 is 1.58 bits per heavy atom. The van der Waals surface area contributed by atoms with Crippen molar-refractivity contribution < 1.29 is 28.6 Å². The zero-order valence-electron chi connectivity index (χ0n) is 19.3. The number of ether oxygens (including phenoxy) is 3. The van der Waals surface area contributed by atoms with Gasteiger partial charge in [-0.25, -0.2) is 14.4 Å². The van der Waals surface area contributed by atoms with Crippen LogP contribution in [0.5, 0.6) is 0 Å². The van der Waals surface area contributed by atoms with Gasteiger partial charge in [-0.2, -0.15) is 0 Å². The Morgan fingerprint density at radius 3 is 2.18 bits per heavy atom. The molecule has 0 unspecified atom stereocenters. The summed E-state index contributed by atoms with van der Waals surface area (Å²) >= 11 is 0. The van der Waals surface area contributed by atoms with Crippen LogP contribution >= 0.6 is 0 Å². The molecule has 0 bridgehead atoms. The lowest BCUT2D eigenvalue weighted by Gasteiger charge is -2.19. The predicted molar refractivity (Wildman–Crippen MR) is 122 cm³/mol. The summed E-state index contributed by atoms with van der Waals surface area (Å²) in [6.07, 6.45) is -0.0525. The van der Waals surface area contributed by atoms with Crippen LogP contribution in [0.15, 0.2) is 48.5 Å². The van der Waals surface area contributed by atoms with Crippen LogP contribution in [0.2, 0.25) is 0 Å². The summed E-state index contributed by atoms with van der Waals surface area (Å²) in [7, 11) is 1.33. The van der Waals surface area contributed by atoms with Gasteiger partial charge in [-0.3, -0.25) is 0 Å². The number of benzene rings is 2. The monoisotopic (exact) mass is 454 g/mol.